The summed E-state index contributed by atoms with van der Waals surface area (Å²) in [6.07, 6.45) is 7.00. The number of carbonyl (C=O) groups excluding carboxylic acids is 2. The van der Waals surface area contributed by atoms with Gasteiger partial charge in [-0.05, 0) is 80.8 Å². The predicted octanol–water partition coefficient (Wildman–Crippen LogP) is 6.87. The van der Waals surface area contributed by atoms with Gasteiger partial charge in [-0.15, -0.1) is 11.3 Å². The molecule has 0 atom stereocenters. The highest BCUT2D eigenvalue weighted by atomic mass is 32.1. The van der Waals surface area contributed by atoms with Gasteiger partial charge < -0.3 is 15.8 Å². The Balaban J connectivity index is 1.47. The fourth-order valence-electron chi connectivity index (χ4n) is 5.58. The molecule has 9 heteroatoms. The summed E-state index contributed by atoms with van der Waals surface area (Å²) >= 11 is 1.45. The number of thiophene rings is 1. The molecule has 0 aliphatic heterocycles. The van der Waals surface area contributed by atoms with Gasteiger partial charge in [-0.3, -0.25) is 9.36 Å². The van der Waals surface area contributed by atoms with Crippen LogP contribution >= 0.6 is 11.3 Å². The maximum atomic E-state index is 14.0. The molecule has 8 nitrogen and oxygen atoms in total. The lowest BCUT2D eigenvalue weighted by atomic mass is 9.95. The zero-order valence-corrected chi connectivity index (χ0v) is 24.1. The molecule has 0 spiro atoms. The van der Waals surface area contributed by atoms with Gasteiger partial charge in [0.25, 0.3) is 5.91 Å². The van der Waals surface area contributed by atoms with Gasteiger partial charge in [0.2, 0.25) is 0 Å². The first-order valence-corrected chi connectivity index (χ1v) is 15.1. The molecule has 5 aromatic rings. The Labute approximate surface area is 242 Å². The van der Waals surface area contributed by atoms with Crippen LogP contribution in [-0.4, -0.2) is 33.0 Å². The molecule has 0 saturated carbocycles. The highest BCUT2D eigenvalue weighted by molar-refractivity contribution is 7.17. The van der Waals surface area contributed by atoms with E-state index in [2.05, 4.69) is 24.4 Å². The SMILES string of the molecule is CCCCc1ccc(-n2c(N)c(C(=O)Nc3sc4c(c3C(=O)OCC)CCCC4)c3nc4ccccc4nc32)cc1. The molecule has 210 valence electrons. The van der Waals surface area contributed by atoms with E-state index in [-0.39, 0.29) is 18.0 Å². The number of nitrogens with one attached hydrogen (secondary N) is 1. The number of nitrogens with zero attached hydrogens (tertiary/aromatic N) is 3. The number of carbonyl (C=O) groups is 2. The van der Waals surface area contributed by atoms with E-state index in [9.17, 15) is 9.59 Å². The molecule has 0 bridgehead atoms. The number of ether oxygens (including phenoxy) is 1. The maximum absolute atomic E-state index is 14.0. The molecule has 1 aliphatic rings. The monoisotopic (exact) mass is 567 g/mol. The molecule has 3 N–H and O–H groups in total. The molecule has 6 rings (SSSR count). The number of esters is 1. The number of nitrogen functional groups attached to an aromatic ring is 1. The van der Waals surface area contributed by atoms with Crippen molar-refractivity contribution in [2.24, 2.45) is 0 Å². The number of benzene rings is 2. The minimum Gasteiger partial charge on any atom is -0.462 e. The van der Waals surface area contributed by atoms with Crippen molar-refractivity contribution in [1.29, 1.82) is 0 Å². The smallest absolute Gasteiger partial charge is 0.341 e. The van der Waals surface area contributed by atoms with Crippen LogP contribution in [0, 0.1) is 0 Å². The average Bonchev–Trinajstić information content (AvgIpc) is 3.48. The summed E-state index contributed by atoms with van der Waals surface area (Å²) in [4.78, 5) is 37.9. The van der Waals surface area contributed by atoms with Gasteiger partial charge >= 0.3 is 5.97 Å². The molecule has 1 amide bonds. The number of hydrogen-bond acceptors (Lipinski definition) is 7. The van der Waals surface area contributed by atoms with Crippen LogP contribution in [0.2, 0.25) is 0 Å². The van der Waals surface area contributed by atoms with Crippen molar-refractivity contribution < 1.29 is 14.3 Å². The van der Waals surface area contributed by atoms with Crippen LogP contribution < -0.4 is 11.1 Å². The number of fused-ring (bicyclic) bond motifs is 3. The average molecular weight is 568 g/mol. The first-order chi connectivity index (χ1) is 20.0. The van der Waals surface area contributed by atoms with Crippen LogP contribution in [0.1, 0.15) is 76.3 Å². The number of amides is 1. The highest BCUT2D eigenvalue weighted by Gasteiger charge is 2.30. The number of anilines is 2. The lowest BCUT2D eigenvalue weighted by molar-refractivity contribution is 0.0526. The van der Waals surface area contributed by atoms with Crippen molar-refractivity contribution in [2.45, 2.75) is 58.8 Å². The van der Waals surface area contributed by atoms with Gasteiger partial charge in [-0.1, -0.05) is 37.6 Å². The van der Waals surface area contributed by atoms with Gasteiger partial charge in [-0.2, -0.15) is 0 Å². The Morgan fingerprint density at radius 3 is 2.46 bits per heavy atom. The molecule has 3 aromatic heterocycles. The predicted molar refractivity (Wildman–Crippen MR) is 164 cm³/mol. The van der Waals surface area contributed by atoms with Crippen molar-refractivity contribution >= 4 is 56.2 Å². The Hall–Kier alpha value is -4.24. The summed E-state index contributed by atoms with van der Waals surface area (Å²) in [5, 5.41) is 3.51. The summed E-state index contributed by atoms with van der Waals surface area (Å²) in [6.45, 7) is 4.22. The van der Waals surface area contributed by atoms with E-state index in [4.69, 9.17) is 20.4 Å². The fraction of sp³-hybridized carbons (Fsp3) is 0.312. The van der Waals surface area contributed by atoms with Crippen LogP contribution in [0.5, 0.6) is 0 Å². The van der Waals surface area contributed by atoms with Crippen LogP contribution in [0.15, 0.2) is 48.5 Å². The lowest BCUT2D eigenvalue weighted by Crippen LogP contribution is -2.17. The van der Waals surface area contributed by atoms with Gasteiger partial charge in [-0.25, -0.2) is 14.8 Å². The van der Waals surface area contributed by atoms with Gasteiger partial charge in [0, 0.05) is 10.6 Å². The second-order valence-corrected chi connectivity index (χ2v) is 11.4. The first kappa shape index (κ1) is 27.0. The minimum atomic E-state index is -0.431. The highest BCUT2D eigenvalue weighted by Crippen LogP contribution is 2.40. The Bertz CT molecular complexity index is 1770. The molecule has 0 unspecified atom stereocenters. The fourth-order valence-corrected chi connectivity index (χ4v) is 6.85. The second kappa shape index (κ2) is 11.3. The van der Waals surface area contributed by atoms with Crippen molar-refractivity contribution in [3.63, 3.8) is 0 Å². The second-order valence-electron chi connectivity index (χ2n) is 10.3. The number of rotatable bonds is 8. The van der Waals surface area contributed by atoms with Crippen LogP contribution in [0.3, 0.4) is 0 Å². The Kier molecular flexibility index (Phi) is 7.45. The topological polar surface area (TPSA) is 112 Å². The first-order valence-electron chi connectivity index (χ1n) is 14.3. The number of aromatic nitrogens is 3. The quantitative estimate of drug-likeness (QED) is 0.198. The summed E-state index contributed by atoms with van der Waals surface area (Å²) in [7, 11) is 0. The summed E-state index contributed by atoms with van der Waals surface area (Å²) in [5.41, 5.74) is 12.8. The number of para-hydroxylation sites is 2. The van der Waals surface area contributed by atoms with E-state index in [0.717, 1.165) is 61.1 Å². The number of nitrogens with two attached hydrogens (primary N) is 1. The number of aryl methyl sites for hydroxylation is 2. The number of hydrogen-bond donors (Lipinski definition) is 2. The summed E-state index contributed by atoms with van der Waals surface area (Å²) < 4.78 is 7.17. The molecule has 0 fully saturated rings. The standard InChI is InChI=1S/C32H33N5O3S/c1-3-5-10-19-15-17-20(18-16-19)37-28(33)26(27-29(37)35-23-13-8-7-12-22(23)34-27)30(38)36-31-25(32(39)40-4-2)21-11-6-9-14-24(21)41-31/h7-8,12-13,15-18H,3-6,9-11,14,33H2,1-2H3,(H,36,38). The zero-order valence-electron chi connectivity index (χ0n) is 23.3. The minimum absolute atomic E-state index is 0.231. The van der Waals surface area contributed by atoms with Crippen molar-refractivity contribution in [3.8, 4) is 5.69 Å². The van der Waals surface area contributed by atoms with Crippen molar-refractivity contribution in [3.05, 3.63) is 75.7 Å². The van der Waals surface area contributed by atoms with Gasteiger partial charge in [0.05, 0.1) is 23.2 Å². The van der Waals surface area contributed by atoms with E-state index >= 15 is 0 Å². The Morgan fingerprint density at radius 1 is 1.00 bits per heavy atom. The maximum Gasteiger partial charge on any atom is 0.341 e. The largest absolute Gasteiger partial charge is 0.462 e. The molecule has 3 heterocycles. The van der Waals surface area contributed by atoms with Crippen molar-refractivity contribution in [1.82, 2.24) is 14.5 Å². The molecule has 0 radical (unpaired) electrons. The van der Waals surface area contributed by atoms with E-state index in [1.54, 1.807) is 11.5 Å². The van der Waals surface area contributed by atoms with Crippen molar-refractivity contribution in [2.75, 3.05) is 17.7 Å². The molecule has 41 heavy (non-hydrogen) atoms. The van der Waals surface area contributed by atoms with Gasteiger partial charge in [0.1, 0.15) is 21.9 Å². The van der Waals surface area contributed by atoms with Crippen LogP contribution in [0.25, 0.3) is 27.9 Å². The zero-order chi connectivity index (χ0) is 28.5. The summed E-state index contributed by atoms with van der Waals surface area (Å²) in [6, 6.07) is 15.7. The molecule has 1 aliphatic carbocycles. The van der Waals surface area contributed by atoms with E-state index in [0.29, 0.717) is 32.8 Å². The van der Waals surface area contributed by atoms with Gasteiger partial charge in [0.15, 0.2) is 5.65 Å². The van der Waals surface area contributed by atoms with E-state index in [1.807, 2.05) is 36.4 Å². The molecule has 0 saturated heterocycles. The third-order valence-corrected chi connectivity index (χ3v) is 8.82. The molecular weight excluding hydrogens is 534 g/mol. The lowest BCUT2D eigenvalue weighted by Gasteiger charge is -2.12. The third kappa shape index (κ3) is 4.95. The molecule has 2 aromatic carbocycles. The van der Waals surface area contributed by atoms with E-state index < -0.39 is 11.9 Å². The molecular formula is C32H33N5O3S. The third-order valence-electron chi connectivity index (χ3n) is 7.62. The number of unbranched alkanes of at least 4 members (excludes halogenated alkanes) is 1. The van der Waals surface area contributed by atoms with Crippen LogP contribution in [0.4, 0.5) is 10.8 Å². The summed E-state index contributed by atoms with van der Waals surface area (Å²) in [5.74, 6) is -0.598. The van der Waals surface area contributed by atoms with Crippen LogP contribution in [-0.2, 0) is 24.0 Å². The van der Waals surface area contributed by atoms with E-state index in [1.165, 1.54) is 16.9 Å². The Morgan fingerprint density at radius 2 is 1.73 bits per heavy atom. The normalized spacial score (nSPS) is 12.9.